The van der Waals surface area contributed by atoms with Crippen molar-refractivity contribution < 1.29 is 19.2 Å². The van der Waals surface area contributed by atoms with Gasteiger partial charge in [-0.05, 0) is 77.6 Å². The van der Waals surface area contributed by atoms with Gasteiger partial charge in [0.05, 0.1) is 6.04 Å². The Bertz CT molecular complexity index is 1700. The molecule has 3 aromatic rings. The second-order valence-corrected chi connectivity index (χ2v) is 13.4. The van der Waals surface area contributed by atoms with E-state index in [1.165, 1.54) is 4.68 Å². The Morgan fingerprint density at radius 3 is 2.57 bits per heavy atom. The standard InChI is InChI=1S/C34H40ClN7O4/c1-19(2)27-18-42(33(46)39-27)34(32(45)36-3)16-22-8-10-24(15-23(22)17-34)38-31(44)29(40-30(43)28-12-13-37-41(28)4)21-9-11-25-20(14-21)6-5-7-26(25)35/h5-8,10,12-13,15,19,21,27,29H,9,11,14,16-18H2,1-4H3,(H,36,45)(H,38,44)(H,39,46)(H,40,43). The minimum Gasteiger partial charge on any atom is -0.357 e. The van der Waals surface area contributed by atoms with E-state index >= 15 is 0 Å². The van der Waals surface area contributed by atoms with Gasteiger partial charge in [-0.2, -0.15) is 5.10 Å². The summed E-state index contributed by atoms with van der Waals surface area (Å²) in [4.78, 5) is 55.5. The van der Waals surface area contributed by atoms with E-state index in [9.17, 15) is 19.2 Å². The molecular weight excluding hydrogens is 606 g/mol. The van der Waals surface area contributed by atoms with Crippen molar-refractivity contribution in [1.29, 1.82) is 0 Å². The lowest BCUT2D eigenvalue weighted by molar-refractivity contribution is -0.130. The number of carbonyl (C=O) groups excluding carboxylic acids is 4. The fourth-order valence-electron chi connectivity index (χ4n) is 7.25. The normalized spacial score (nSPS) is 22.6. The van der Waals surface area contributed by atoms with Gasteiger partial charge >= 0.3 is 6.03 Å². The molecule has 4 atom stereocenters. The maximum atomic E-state index is 14.0. The Hall–Kier alpha value is -4.38. The largest absolute Gasteiger partial charge is 0.357 e. The predicted molar refractivity (Wildman–Crippen MR) is 175 cm³/mol. The summed E-state index contributed by atoms with van der Waals surface area (Å²) in [5.74, 6) is -0.877. The van der Waals surface area contributed by atoms with Crippen molar-refractivity contribution in [2.45, 2.75) is 63.6 Å². The van der Waals surface area contributed by atoms with Crippen molar-refractivity contribution in [1.82, 2.24) is 30.6 Å². The Balaban J connectivity index is 1.25. The SMILES string of the molecule is CNC(=O)C1(N2CC(C(C)C)NC2=O)Cc2ccc(NC(=O)C(NC(=O)c3ccnn3C)C3CCc4c(Cl)cccc4C3)cc2C1. The van der Waals surface area contributed by atoms with Crippen molar-refractivity contribution in [2.75, 3.05) is 18.9 Å². The number of halogens is 1. The molecule has 0 saturated carbocycles. The Kier molecular flexibility index (Phi) is 8.54. The van der Waals surface area contributed by atoms with Gasteiger partial charge in [0.1, 0.15) is 17.3 Å². The van der Waals surface area contributed by atoms with E-state index in [-0.39, 0.29) is 41.6 Å². The molecule has 1 saturated heterocycles. The molecule has 1 fully saturated rings. The lowest BCUT2D eigenvalue weighted by Crippen LogP contribution is -2.60. The summed E-state index contributed by atoms with van der Waals surface area (Å²) < 4.78 is 1.48. The first-order valence-electron chi connectivity index (χ1n) is 15.8. The molecule has 4 N–H and O–H groups in total. The maximum Gasteiger partial charge on any atom is 0.318 e. The third-order valence-electron chi connectivity index (χ3n) is 9.90. The average molecular weight is 646 g/mol. The van der Waals surface area contributed by atoms with E-state index in [2.05, 4.69) is 26.4 Å². The van der Waals surface area contributed by atoms with Crippen molar-refractivity contribution in [3.8, 4) is 0 Å². The topological polar surface area (TPSA) is 137 Å². The zero-order valence-electron chi connectivity index (χ0n) is 26.5. The Morgan fingerprint density at radius 2 is 1.87 bits per heavy atom. The maximum absolute atomic E-state index is 14.0. The number of hydrogen-bond acceptors (Lipinski definition) is 5. The van der Waals surface area contributed by atoms with Crippen LogP contribution in [0.5, 0.6) is 0 Å². The third kappa shape index (κ3) is 5.72. The molecule has 0 bridgehead atoms. The van der Waals surface area contributed by atoms with Crippen LogP contribution in [0.1, 0.15) is 53.0 Å². The molecule has 5 amide bonds. The van der Waals surface area contributed by atoms with E-state index in [0.717, 1.165) is 22.3 Å². The summed E-state index contributed by atoms with van der Waals surface area (Å²) in [6, 6.07) is 11.9. The molecule has 2 aromatic carbocycles. The minimum atomic E-state index is -1.07. The average Bonchev–Trinajstić information content (AvgIpc) is 3.76. The summed E-state index contributed by atoms with van der Waals surface area (Å²) in [6.45, 7) is 4.54. The quantitative estimate of drug-likeness (QED) is 0.298. The molecule has 4 unspecified atom stereocenters. The summed E-state index contributed by atoms with van der Waals surface area (Å²) in [7, 11) is 3.27. The molecule has 2 heterocycles. The van der Waals surface area contributed by atoms with Crippen molar-refractivity contribution in [2.24, 2.45) is 18.9 Å². The minimum absolute atomic E-state index is 0.0474. The van der Waals surface area contributed by atoms with Crippen LogP contribution in [0.25, 0.3) is 0 Å². The molecule has 6 rings (SSSR count). The second-order valence-electron chi connectivity index (χ2n) is 13.0. The van der Waals surface area contributed by atoms with E-state index in [1.807, 2.05) is 50.2 Å². The fraction of sp³-hybridized carbons (Fsp3) is 0.441. The number of rotatable bonds is 8. The Morgan fingerprint density at radius 1 is 1.09 bits per heavy atom. The zero-order chi connectivity index (χ0) is 32.7. The van der Waals surface area contributed by atoms with Crippen LogP contribution in [0, 0.1) is 11.8 Å². The first-order chi connectivity index (χ1) is 22.0. The van der Waals surface area contributed by atoms with E-state index in [0.29, 0.717) is 55.1 Å². The number of urea groups is 1. The van der Waals surface area contributed by atoms with Crippen LogP contribution in [0.4, 0.5) is 10.5 Å². The summed E-state index contributed by atoms with van der Waals surface area (Å²) in [5, 5.41) is 16.7. The molecule has 0 spiro atoms. The molecule has 3 aliphatic rings. The molecule has 11 nitrogen and oxygen atoms in total. The lowest BCUT2D eigenvalue weighted by Gasteiger charge is -2.36. The number of fused-ring (bicyclic) bond motifs is 2. The molecule has 12 heteroatoms. The highest BCUT2D eigenvalue weighted by Gasteiger charge is 2.53. The van der Waals surface area contributed by atoms with Crippen LogP contribution < -0.4 is 21.3 Å². The van der Waals surface area contributed by atoms with Gasteiger partial charge in [0.15, 0.2) is 0 Å². The summed E-state index contributed by atoms with van der Waals surface area (Å²) >= 11 is 6.47. The number of hydrogen-bond donors (Lipinski definition) is 4. The summed E-state index contributed by atoms with van der Waals surface area (Å²) in [5.41, 5.74) is 3.84. The van der Waals surface area contributed by atoms with Gasteiger partial charge in [0.2, 0.25) is 11.8 Å². The predicted octanol–water partition coefficient (Wildman–Crippen LogP) is 3.25. The zero-order valence-corrected chi connectivity index (χ0v) is 27.3. The number of aryl methyl sites for hydroxylation is 1. The molecule has 1 aromatic heterocycles. The van der Waals surface area contributed by atoms with Gasteiger partial charge in [-0.3, -0.25) is 19.1 Å². The number of aromatic nitrogens is 2. The highest BCUT2D eigenvalue weighted by atomic mass is 35.5. The van der Waals surface area contributed by atoms with Gasteiger partial charge in [-0.1, -0.05) is 43.6 Å². The molecule has 242 valence electrons. The van der Waals surface area contributed by atoms with Crippen LogP contribution in [0.2, 0.25) is 5.02 Å². The number of nitrogens with zero attached hydrogens (tertiary/aromatic N) is 3. The smallest absolute Gasteiger partial charge is 0.318 e. The second kappa shape index (κ2) is 12.4. The van der Waals surface area contributed by atoms with Crippen LogP contribution in [-0.2, 0) is 42.3 Å². The van der Waals surface area contributed by atoms with Crippen molar-refractivity contribution >= 4 is 41.0 Å². The van der Waals surface area contributed by atoms with E-state index in [4.69, 9.17) is 11.6 Å². The third-order valence-corrected chi connectivity index (χ3v) is 10.3. The van der Waals surface area contributed by atoms with Gasteiger partial charge in [-0.25, -0.2) is 4.79 Å². The fourth-order valence-corrected chi connectivity index (χ4v) is 7.54. The lowest BCUT2D eigenvalue weighted by atomic mass is 9.79. The number of nitrogens with one attached hydrogen (secondary N) is 4. The van der Waals surface area contributed by atoms with Crippen molar-refractivity contribution in [3.63, 3.8) is 0 Å². The monoisotopic (exact) mass is 645 g/mol. The van der Waals surface area contributed by atoms with Gasteiger partial charge in [-0.15, -0.1) is 0 Å². The van der Waals surface area contributed by atoms with Crippen molar-refractivity contribution in [3.05, 3.63) is 81.6 Å². The molecule has 1 aliphatic heterocycles. The van der Waals surface area contributed by atoms with Gasteiger partial charge in [0.25, 0.3) is 5.91 Å². The summed E-state index contributed by atoms with van der Waals surface area (Å²) in [6.07, 6.45) is 4.21. The van der Waals surface area contributed by atoms with Crippen LogP contribution in [0.3, 0.4) is 0 Å². The number of amides is 5. The molecule has 0 radical (unpaired) electrons. The number of carbonyl (C=O) groups is 4. The number of benzene rings is 2. The molecule has 46 heavy (non-hydrogen) atoms. The number of anilines is 1. The first kappa shape index (κ1) is 31.6. The van der Waals surface area contributed by atoms with Crippen LogP contribution in [0.15, 0.2) is 48.7 Å². The van der Waals surface area contributed by atoms with E-state index < -0.39 is 11.6 Å². The number of likely N-dealkylation sites (N-methyl/N-ethyl adjacent to an activating group) is 1. The Labute approximate surface area is 273 Å². The van der Waals surface area contributed by atoms with E-state index in [1.54, 1.807) is 31.3 Å². The van der Waals surface area contributed by atoms with Crippen LogP contribution >= 0.6 is 11.6 Å². The highest BCUT2D eigenvalue weighted by Crippen LogP contribution is 2.39. The highest BCUT2D eigenvalue weighted by molar-refractivity contribution is 6.31. The first-order valence-corrected chi connectivity index (χ1v) is 16.2. The van der Waals surface area contributed by atoms with Gasteiger partial charge in [0, 0.05) is 50.4 Å². The molecule has 2 aliphatic carbocycles. The van der Waals surface area contributed by atoms with Crippen LogP contribution in [-0.4, -0.2) is 69.6 Å². The van der Waals surface area contributed by atoms with Gasteiger partial charge < -0.3 is 26.2 Å². The molecular formula is C34H40ClN7O4.